The molecule has 1 aliphatic rings. The molecule has 38 heavy (non-hydrogen) atoms. The fraction of sp³-hybridized carbons (Fsp3) is 0.400. The molecule has 2 unspecified atom stereocenters. The van der Waals surface area contributed by atoms with Crippen LogP contribution >= 0.6 is 0 Å². The van der Waals surface area contributed by atoms with E-state index in [4.69, 9.17) is 4.74 Å². The Balaban J connectivity index is 1.92. The van der Waals surface area contributed by atoms with Gasteiger partial charge >= 0.3 is 0 Å². The summed E-state index contributed by atoms with van der Waals surface area (Å²) in [5.41, 5.74) is 0.401. The van der Waals surface area contributed by atoms with Crippen LogP contribution in [0.1, 0.15) is 25.8 Å². The fourth-order valence-electron chi connectivity index (χ4n) is 3.82. The second-order valence-corrected chi connectivity index (χ2v) is 13.2. The number of nitrogens with one attached hydrogen (secondary N) is 2. The number of carbonyl (C=O) groups excluding carboxylic acids is 3. The van der Waals surface area contributed by atoms with Crippen LogP contribution in [0.5, 0.6) is 0 Å². The van der Waals surface area contributed by atoms with E-state index in [9.17, 15) is 31.2 Å². The van der Waals surface area contributed by atoms with E-state index in [0.717, 1.165) is 13.8 Å². The molecule has 206 valence electrons. The molecular formula is C25H31N3O8S2. The molecular weight excluding hydrogens is 534 g/mol. The first-order valence-electron chi connectivity index (χ1n) is 11.9. The summed E-state index contributed by atoms with van der Waals surface area (Å²) in [6.07, 6.45) is -2.47. The summed E-state index contributed by atoms with van der Waals surface area (Å²) in [5, 5.41) is 2.23. The number of benzene rings is 2. The molecule has 0 bridgehead atoms. The average Bonchev–Trinajstić information content (AvgIpc) is 2.89. The number of nitrogens with zero attached hydrogens (tertiary/aromatic N) is 1. The summed E-state index contributed by atoms with van der Waals surface area (Å²) in [5.74, 6) is -3.08. The smallest absolute Gasteiger partial charge is 0.243 e. The molecule has 2 amide bonds. The third-order valence-corrected chi connectivity index (χ3v) is 10.1. The molecule has 0 aromatic heterocycles. The predicted octanol–water partition coefficient (Wildman–Crippen LogP) is 0.619. The van der Waals surface area contributed by atoms with Gasteiger partial charge in [0.25, 0.3) is 0 Å². The molecule has 0 radical (unpaired) electrons. The quantitative estimate of drug-likeness (QED) is 0.376. The van der Waals surface area contributed by atoms with Gasteiger partial charge in [-0.15, -0.1) is 0 Å². The molecule has 0 saturated carbocycles. The minimum Gasteiger partial charge on any atom is -0.378 e. The lowest BCUT2D eigenvalue weighted by Gasteiger charge is -2.33. The second kappa shape index (κ2) is 12.2. The van der Waals surface area contributed by atoms with Crippen LogP contribution in [0, 0.1) is 0 Å². The Hall–Kier alpha value is -3.13. The van der Waals surface area contributed by atoms with Crippen LogP contribution in [0.2, 0.25) is 0 Å². The number of rotatable bonds is 11. The maximum absolute atomic E-state index is 13.7. The van der Waals surface area contributed by atoms with Crippen molar-refractivity contribution in [2.24, 2.45) is 0 Å². The highest BCUT2D eigenvalue weighted by Crippen LogP contribution is 2.28. The van der Waals surface area contributed by atoms with Crippen molar-refractivity contribution >= 4 is 37.5 Å². The van der Waals surface area contributed by atoms with Crippen LogP contribution in [-0.2, 0) is 44.7 Å². The van der Waals surface area contributed by atoms with Gasteiger partial charge in [-0.1, -0.05) is 48.5 Å². The van der Waals surface area contributed by atoms with Crippen molar-refractivity contribution in [3.05, 3.63) is 66.2 Å². The first kappa shape index (κ1) is 29.4. The SMILES string of the molecule is CC(=O)C(NC(=O)C(C)(CC(=O)N1CCOCC1)S(=O)(=O)Cc1ccccc1)NS(=O)(=O)c1ccccc1. The zero-order valence-electron chi connectivity index (χ0n) is 21.1. The van der Waals surface area contributed by atoms with Crippen LogP contribution in [-0.4, -0.2) is 76.5 Å². The molecule has 2 aromatic carbocycles. The van der Waals surface area contributed by atoms with Gasteiger partial charge in [0, 0.05) is 13.1 Å². The van der Waals surface area contributed by atoms with E-state index in [1.54, 1.807) is 36.4 Å². The molecule has 2 N–H and O–H groups in total. The number of hydrogen-bond acceptors (Lipinski definition) is 8. The topological polar surface area (TPSA) is 156 Å². The molecule has 1 heterocycles. The van der Waals surface area contributed by atoms with Crippen LogP contribution in [0.4, 0.5) is 0 Å². The summed E-state index contributed by atoms with van der Waals surface area (Å²) >= 11 is 0. The highest BCUT2D eigenvalue weighted by molar-refractivity contribution is 7.92. The average molecular weight is 566 g/mol. The summed E-state index contributed by atoms with van der Waals surface area (Å²) in [6, 6.07) is 15.3. The number of ether oxygens (including phenoxy) is 1. The van der Waals surface area contributed by atoms with Crippen molar-refractivity contribution in [1.29, 1.82) is 0 Å². The van der Waals surface area contributed by atoms with Gasteiger partial charge in [-0.2, -0.15) is 4.72 Å². The largest absolute Gasteiger partial charge is 0.378 e. The minimum absolute atomic E-state index is 0.151. The number of amides is 2. The standard InChI is InChI=1S/C25H31N3O8S2/c1-19(29)23(27-38(34,35)21-11-7-4-8-12-21)26-24(31)25(2,17-22(30)28-13-15-36-16-14-28)37(32,33)18-20-9-5-3-6-10-20/h3-12,23,27H,13-18H2,1-2H3,(H,26,31). The molecule has 2 atom stereocenters. The van der Waals surface area contributed by atoms with E-state index in [1.165, 1.54) is 29.2 Å². The first-order chi connectivity index (χ1) is 17.9. The Morgan fingerprint density at radius 3 is 2.05 bits per heavy atom. The van der Waals surface area contributed by atoms with Crippen LogP contribution in [0.3, 0.4) is 0 Å². The van der Waals surface area contributed by atoms with E-state index in [0.29, 0.717) is 5.56 Å². The molecule has 1 saturated heterocycles. The van der Waals surface area contributed by atoms with Gasteiger partial charge in [-0.05, 0) is 31.5 Å². The lowest BCUT2D eigenvalue weighted by molar-refractivity contribution is -0.138. The number of morpholine rings is 1. The normalized spacial score (nSPS) is 16.7. The molecule has 1 aliphatic heterocycles. The Labute approximate surface area is 222 Å². The van der Waals surface area contributed by atoms with Crippen molar-refractivity contribution in [2.45, 2.75) is 41.8 Å². The van der Waals surface area contributed by atoms with E-state index in [-0.39, 0.29) is 31.2 Å². The lowest BCUT2D eigenvalue weighted by Crippen LogP contribution is -2.60. The van der Waals surface area contributed by atoms with E-state index in [1.807, 2.05) is 0 Å². The summed E-state index contributed by atoms with van der Waals surface area (Å²) in [4.78, 5) is 40.3. The third kappa shape index (κ3) is 7.04. The molecule has 0 aliphatic carbocycles. The zero-order valence-corrected chi connectivity index (χ0v) is 22.8. The van der Waals surface area contributed by atoms with Crippen molar-refractivity contribution in [3.63, 3.8) is 0 Å². The highest BCUT2D eigenvalue weighted by Gasteiger charge is 2.49. The highest BCUT2D eigenvalue weighted by atomic mass is 32.2. The van der Waals surface area contributed by atoms with Crippen molar-refractivity contribution in [3.8, 4) is 0 Å². The van der Waals surface area contributed by atoms with Gasteiger partial charge < -0.3 is 15.0 Å². The fourth-order valence-corrected chi connectivity index (χ4v) is 6.64. The maximum Gasteiger partial charge on any atom is 0.243 e. The first-order valence-corrected chi connectivity index (χ1v) is 15.0. The molecule has 13 heteroatoms. The van der Waals surface area contributed by atoms with Gasteiger partial charge in [0.05, 0.1) is 30.3 Å². The van der Waals surface area contributed by atoms with Gasteiger partial charge in [-0.3, -0.25) is 14.4 Å². The summed E-state index contributed by atoms with van der Waals surface area (Å²) in [7, 11) is -8.60. The Bertz CT molecular complexity index is 1360. The number of ketones is 1. The molecule has 3 rings (SSSR count). The number of hydrogen-bond donors (Lipinski definition) is 2. The Morgan fingerprint density at radius 1 is 0.947 bits per heavy atom. The van der Waals surface area contributed by atoms with Crippen LogP contribution in [0.15, 0.2) is 65.6 Å². The van der Waals surface area contributed by atoms with Crippen molar-refractivity contribution < 1.29 is 36.0 Å². The number of Topliss-reactive ketones (excluding diaryl/α,β-unsaturated/α-hetero) is 1. The maximum atomic E-state index is 13.7. The van der Waals surface area contributed by atoms with Crippen molar-refractivity contribution in [1.82, 2.24) is 14.9 Å². The monoisotopic (exact) mass is 565 g/mol. The summed E-state index contributed by atoms with van der Waals surface area (Å²) in [6.45, 7) is 3.19. The summed E-state index contributed by atoms with van der Waals surface area (Å²) < 4.78 is 57.9. The van der Waals surface area contributed by atoms with Crippen LogP contribution < -0.4 is 10.0 Å². The van der Waals surface area contributed by atoms with E-state index < -0.39 is 60.5 Å². The van der Waals surface area contributed by atoms with Gasteiger partial charge in [-0.25, -0.2) is 16.8 Å². The van der Waals surface area contributed by atoms with Crippen LogP contribution in [0.25, 0.3) is 0 Å². The Morgan fingerprint density at radius 2 is 1.50 bits per heavy atom. The Kier molecular flexibility index (Phi) is 9.41. The number of sulfone groups is 1. The zero-order chi connectivity index (χ0) is 28.0. The van der Waals surface area contributed by atoms with Gasteiger partial charge in [0.1, 0.15) is 0 Å². The van der Waals surface area contributed by atoms with Gasteiger partial charge in [0.2, 0.25) is 21.8 Å². The second-order valence-electron chi connectivity index (χ2n) is 9.10. The molecule has 2 aromatic rings. The number of carbonyl (C=O) groups is 3. The number of sulfonamides is 1. The lowest BCUT2D eigenvalue weighted by atomic mass is 10.0. The third-order valence-electron chi connectivity index (χ3n) is 6.23. The van der Waals surface area contributed by atoms with E-state index >= 15 is 0 Å². The van der Waals surface area contributed by atoms with Crippen molar-refractivity contribution in [2.75, 3.05) is 26.3 Å². The molecule has 0 spiro atoms. The predicted molar refractivity (Wildman–Crippen MR) is 139 cm³/mol. The van der Waals surface area contributed by atoms with Gasteiger partial charge in [0.15, 0.2) is 26.5 Å². The van der Waals surface area contributed by atoms with E-state index in [2.05, 4.69) is 10.0 Å². The molecule has 11 nitrogen and oxygen atoms in total. The minimum atomic E-state index is -4.35. The molecule has 1 fully saturated rings.